The first-order valence-electron chi connectivity index (χ1n) is 5.37. The van der Waals surface area contributed by atoms with Gasteiger partial charge in [-0.3, -0.25) is 0 Å². The van der Waals surface area contributed by atoms with Gasteiger partial charge in [-0.1, -0.05) is 23.7 Å². The molecule has 3 nitrogen and oxygen atoms in total. The number of nitrogens with zero attached hydrogens (tertiary/aromatic N) is 2. The Kier molecular flexibility index (Phi) is 3.45. The molecule has 2 aromatic rings. The van der Waals surface area contributed by atoms with Crippen molar-refractivity contribution in [1.82, 2.24) is 9.78 Å². The van der Waals surface area contributed by atoms with Gasteiger partial charge in [-0.2, -0.15) is 9.49 Å². The molecule has 0 aliphatic carbocycles. The second-order valence-corrected chi connectivity index (χ2v) is 4.09. The van der Waals surface area contributed by atoms with Crippen molar-refractivity contribution in [2.75, 3.05) is 0 Å². The van der Waals surface area contributed by atoms with Gasteiger partial charge in [-0.05, 0) is 18.6 Å². The second kappa shape index (κ2) is 4.85. The normalized spacial score (nSPS) is 10.8. The molecule has 1 aromatic carbocycles. The molecule has 5 heteroatoms. The lowest BCUT2D eigenvalue weighted by molar-refractivity contribution is 0.473. The summed E-state index contributed by atoms with van der Waals surface area (Å²) in [5.74, 6) is -0.366. The summed E-state index contributed by atoms with van der Waals surface area (Å²) in [6.07, 6.45) is 1.49. The highest BCUT2D eigenvalue weighted by molar-refractivity contribution is 6.33. The zero-order chi connectivity index (χ0) is 12.4. The number of rotatable bonds is 3. The van der Waals surface area contributed by atoms with Gasteiger partial charge in [-0.25, -0.2) is 4.68 Å². The van der Waals surface area contributed by atoms with Gasteiger partial charge >= 0.3 is 0 Å². The maximum Gasteiger partial charge on any atom is 0.219 e. The molecule has 0 spiro atoms. The predicted octanol–water partition coefficient (Wildman–Crippen LogP) is 2.82. The Morgan fingerprint density at radius 1 is 1.41 bits per heavy atom. The van der Waals surface area contributed by atoms with E-state index in [1.54, 1.807) is 12.1 Å². The van der Waals surface area contributed by atoms with Gasteiger partial charge in [0, 0.05) is 23.7 Å². The highest BCUT2D eigenvalue weighted by atomic mass is 35.5. The highest BCUT2D eigenvalue weighted by Crippen LogP contribution is 2.30. The Labute approximate surface area is 104 Å². The van der Waals surface area contributed by atoms with E-state index in [1.165, 1.54) is 10.9 Å². The van der Waals surface area contributed by atoms with Crippen molar-refractivity contribution in [3.05, 3.63) is 40.9 Å². The molecule has 90 valence electrons. The maximum absolute atomic E-state index is 13.9. The molecular weight excluding hydrogens is 241 g/mol. The van der Waals surface area contributed by atoms with Crippen LogP contribution in [0.4, 0.5) is 4.39 Å². The lowest BCUT2D eigenvalue weighted by atomic mass is 10.1. The van der Waals surface area contributed by atoms with Gasteiger partial charge in [0.25, 0.3) is 0 Å². The Balaban J connectivity index is 2.49. The third-order valence-corrected chi connectivity index (χ3v) is 2.95. The molecule has 0 aliphatic rings. The molecule has 1 heterocycles. The van der Waals surface area contributed by atoms with Crippen LogP contribution in [0.1, 0.15) is 12.5 Å². The largest absolute Gasteiger partial charge is 0.326 e. The SMILES string of the molecule is CCn1ncc(-c2ccc(CN)cc2Cl)c1F. The quantitative estimate of drug-likeness (QED) is 0.914. The third kappa shape index (κ3) is 2.18. The number of hydrogen-bond donors (Lipinski definition) is 1. The average molecular weight is 254 g/mol. The summed E-state index contributed by atoms with van der Waals surface area (Å²) < 4.78 is 15.2. The summed E-state index contributed by atoms with van der Waals surface area (Å²) in [7, 11) is 0. The molecule has 2 rings (SSSR count). The molecule has 2 N–H and O–H groups in total. The fourth-order valence-corrected chi connectivity index (χ4v) is 1.98. The minimum absolute atomic E-state index is 0.366. The summed E-state index contributed by atoms with van der Waals surface area (Å²) in [5, 5.41) is 4.44. The van der Waals surface area contributed by atoms with Crippen molar-refractivity contribution in [1.29, 1.82) is 0 Å². The maximum atomic E-state index is 13.9. The van der Waals surface area contributed by atoms with Crippen molar-refractivity contribution >= 4 is 11.6 Å². The molecule has 0 fully saturated rings. The van der Waals surface area contributed by atoms with Crippen LogP contribution in [0.15, 0.2) is 24.4 Å². The van der Waals surface area contributed by atoms with Gasteiger partial charge in [0.15, 0.2) is 0 Å². The van der Waals surface area contributed by atoms with Gasteiger partial charge in [0.1, 0.15) is 0 Å². The fourth-order valence-electron chi connectivity index (χ4n) is 1.68. The van der Waals surface area contributed by atoms with Gasteiger partial charge in [-0.15, -0.1) is 0 Å². The molecule has 0 saturated heterocycles. The highest BCUT2D eigenvalue weighted by Gasteiger charge is 2.14. The Morgan fingerprint density at radius 3 is 2.71 bits per heavy atom. The zero-order valence-corrected chi connectivity index (χ0v) is 10.2. The molecule has 0 unspecified atom stereocenters. The van der Waals surface area contributed by atoms with Crippen LogP contribution in [0.25, 0.3) is 11.1 Å². The van der Waals surface area contributed by atoms with E-state index in [1.807, 2.05) is 13.0 Å². The standard InChI is InChI=1S/C12H13ClFN3/c1-2-17-12(14)10(7-16-17)9-4-3-8(6-15)5-11(9)13/h3-5,7H,2,6,15H2,1H3. The van der Waals surface area contributed by atoms with Crippen LogP contribution in [-0.4, -0.2) is 9.78 Å². The number of aromatic nitrogens is 2. The van der Waals surface area contributed by atoms with E-state index in [2.05, 4.69) is 5.10 Å². The first-order valence-corrected chi connectivity index (χ1v) is 5.75. The molecule has 1 aromatic heterocycles. The molecule has 0 radical (unpaired) electrons. The molecule has 0 bridgehead atoms. The monoisotopic (exact) mass is 253 g/mol. The minimum Gasteiger partial charge on any atom is -0.326 e. The van der Waals surface area contributed by atoms with Gasteiger partial charge in [0.2, 0.25) is 5.95 Å². The Morgan fingerprint density at radius 2 is 2.18 bits per heavy atom. The second-order valence-electron chi connectivity index (χ2n) is 3.68. The van der Waals surface area contributed by atoms with Crippen LogP contribution < -0.4 is 5.73 Å². The van der Waals surface area contributed by atoms with Crippen LogP contribution in [0.2, 0.25) is 5.02 Å². The van der Waals surface area contributed by atoms with Crippen LogP contribution in [0, 0.1) is 5.95 Å². The van der Waals surface area contributed by atoms with Crippen molar-refractivity contribution in [3.63, 3.8) is 0 Å². The Hall–Kier alpha value is -1.39. The first-order chi connectivity index (χ1) is 8.17. The van der Waals surface area contributed by atoms with Crippen molar-refractivity contribution in [3.8, 4) is 11.1 Å². The van der Waals surface area contributed by atoms with E-state index in [4.69, 9.17) is 17.3 Å². The van der Waals surface area contributed by atoms with Crippen LogP contribution >= 0.6 is 11.6 Å². The molecule has 0 saturated carbocycles. The van der Waals surface area contributed by atoms with Crippen LogP contribution in [0.3, 0.4) is 0 Å². The zero-order valence-electron chi connectivity index (χ0n) is 9.45. The van der Waals surface area contributed by atoms with Crippen molar-refractivity contribution in [2.24, 2.45) is 5.73 Å². The molecule has 0 amide bonds. The van der Waals surface area contributed by atoms with Crippen LogP contribution in [-0.2, 0) is 13.1 Å². The van der Waals surface area contributed by atoms with E-state index in [0.29, 0.717) is 29.2 Å². The number of aryl methyl sites for hydroxylation is 1. The van der Waals surface area contributed by atoms with Crippen molar-refractivity contribution < 1.29 is 4.39 Å². The number of hydrogen-bond acceptors (Lipinski definition) is 2. The first kappa shape index (κ1) is 12.1. The number of halogens is 2. The summed E-state index contributed by atoms with van der Waals surface area (Å²) in [6, 6.07) is 5.36. The van der Waals surface area contributed by atoms with E-state index in [-0.39, 0.29) is 5.95 Å². The minimum atomic E-state index is -0.366. The Bertz CT molecular complexity index is 537. The predicted molar refractivity (Wildman–Crippen MR) is 66.2 cm³/mol. The third-order valence-electron chi connectivity index (χ3n) is 2.63. The summed E-state index contributed by atoms with van der Waals surface area (Å²) in [5.41, 5.74) is 7.49. The van der Waals surface area contributed by atoms with Gasteiger partial charge in [0.05, 0.1) is 11.8 Å². The summed E-state index contributed by atoms with van der Waals surface area (Å²) in [4.78, 5) is 0. The average Bonchev–Trinajstić information content (AvgIpc) is 2.70. The van der Waals surface area contributed by atoms with E-state index in [0.717, 1.165) is 5.56 Å². The number of nitrogens with two attached hydrogens (primary N) is 1. The lowest BCUT2D eigenvalue weighted by Crippen LogP contribution is -2.00. The summed E-state index contributed by atoms with van der Waals surface area (Å²) >= 11 is 6.11. The molecule has 0 atom stereocenters. The van der Waals surface area contributed by atoms with E-state index < -0.39 is 0 Å². The lowest BCUT2D eigenvalue weighted by Gasteiger charge is -2.04. The summed E-state index contributed by atoms with van der Waals surface area (Å²) in [6.45, 7) is 2.74. The number of benzene rings is 1. The van der Waals surface area contributed by atoms with Crippen molar-refractivity contribution in [2.45, 2.75) is 20.0 Å². The topological polar surface area (TPSA) is 43.8 Å². The molecule has 17 heavy (non-hydrogen) atoms. The smallest absolute Gasteiger partial charge is 0.219 e. The van der Waals surface area contributed by atoms with E-state index >= 15 is 0 Å². The van der Waals surface area contributed by atoms with Crippen LogP contribution in [0.5, 0.6) is 0 Å². The van der Waals surface area contributed by atoms with E-state index in [9.17, 15) is 4.39 Å². The van der Waals surface area contributed by atoms with Gasteiger partial charge < -0.3 is 5.73 Å². The molecular formula is C12H13ClFN3. The molecule has 0 aliphatic heterocycles. The fraction of sp³-hybridized carbons (Fsp3) is 0.250.